The maximum atomic E-state index is 11.3. The molecular weight excluding hydrogens is 238 g/mol. The van der Waals surface area contributed by atoms with Crippen LogP contribution in [-0.4, -0.2) is 28.9 Å². The number of aromatic hydroxyl groups is 1. The summed E-state index contributed by atoms with van der Waals surface area (Å²) in [6.07, 6.45) is 0.991. The summed E-state index contributed by atoms with van der Waals surface area (Å²) < 4.78 is 4.84. The summed E-state index contributed by atoms with van der Waals surface area (Å²) in [4.78, 5) is 21.9. The molecule has 1 aromatic rings. The SMILES string of the molecule is CCCCOC(=O)Nc1ccc(C(=O)O)cc1O. The number of rotatable bonds is 5. The number of hydrogen-bond donors (Lipinski definition) is 3. The molecule has 0 heterocycles. The predicted molar refractivity (Wildman–Crippen MR) is 64.9 cm³/mol. The monoisotopic (exact) mass is 253 g/mol. The molecule has 1 amide bonds. The number of carboxylic acid groups (broad SMARTS) is 1. The van der Waals surface area contributed by atoms with E-state index in [9.17, 15) is 14.7 Å². The highest BCUT2D eigenvalue weighted by molar-refractivity contribution is 5.91. The van der Waals surface area contributed by atoms with Crippen LogP contribution in [0.1, 0.15) is 30.1 Å². The third-order valence-corrected chi connectivity index (χ3v) is 2.21. The number of unbranched alkanes of at least 4 members (excludes halogenated alkanes) is 1. The lowest BCUT2D eigenvalue weighted by atomic mass is 10.2. The lowest BCUT2D eigenvalue weighted by molar-refractivity contribution is 0.0696. The summed E-state index contributed by atoms with van der Waals surface area (Å²) in [7, 11) is 0. The maximum absolute atomic E-state index is 11.3. The van der Waals surface area contributed by atoms with Crippen molar-refractivity contribution in [3.63, 3.8) is 0 Å². The number of ether oxygens (including phenoxy) is 1. The van der Waals surface area contributed by atoms with Gasteiger partial charge in [0.2, 0.25) is 0 Å². The fraction of sp³-hybridized carbons (Fsp3) is 0.333. The van der Waals surface area contributed by atoms with Crippen molar-refractivity contribution in [1.29, 1.82) is 0 Å². The molecule has 0 unspecified atom stereocenters. The molecule has 0 saturated carbocycles. The average molecular weight is 253 g/mol. The van der Waals surface area contributed by atoms with Crippen molar-refractivity contribution in [3.8, 4) is 5.75 Å². The van der Waals surface area contributed by atoms with Crippen LogP contribution in [0.25, 0.3) is 0 Å². The van der Waals surface area contributed by atoms with Gasteiger partial charge in [-0.3, -0.25) is 5.32 Å². The van der Waals surface area contributed by atoms with Crippen molar-refractivity contribution < 1.29 is 24.5 Å². The zero-order chi connectivity index (χ0) is 13.5. The Morgan fingerprint density at radius 3 is 2.67 bits per heavy atom. The third kappa shape index (κ3) is 3.97. The molecule has 98 valence electrons. The van der Waals surface area contributed by atoms with Gasteiger partial charge in [-0.25, -0.2) is 9.59 Å². The van der Waals surface area contributed by atoms with Crippen LogP contribution in [-0.2, 0) is 4.74 Å². The van der Waals surface area contributed by atoms with Crippen LogP contribution in [0.4, 0.5) is 10.5 Å². The highest BCUT2D eigenvalue weighted by Crippen LogP contribution is 2.24. The number of carbonyl (C=O) groups is 2. The number of phenolic OH excluding ortho intramolecular Hbond substituents is 1. The highest BCUT2D eigenvalue weighted by Gasteiger charge is 2.10. The quantitative estimate of drug-likeness (QED) is 0.553. The number of nitrogens with one attached hydrogen (secondary N) is 1. The minimum Gasteiger partial charge on any atom is -0.506 e. The van der Waals surface area contributed by atoms with E-state index >= 15 is 0 Å². The van der Waals surface area contributed by atoms with Crippen molar-refractivity contribution in [2.75, 3.05) is 11.9 Å². The molecular formula is C12H15NO5. The van der Waals surface area contributed by atoms with Gasteiger partial charge in [0.05, 0.1) is 17.9 Å². The molecule has 0 aliphatic heterocycles. The van der Waals surface area contributed by atoms with Crippen molar-refractivity contribution in [3.05, 3.63) is 23.8 Å². The van der Waals surface area contributed by atoms with Crippen LogP contribution < -0.4 is 5.32 Å². The Morgan fingerprint density at radius 2 is 2.11 bits per heavy atom. The fourth-order valence-corrected chi connectivity index (χ4v) is 1.23. The second kappa shape index (κ2) is 6.48. The normalized spacial score (nSPS) is 9.83. The molecule has 0 saturated heterocycles. The standard InChI is InChI=1S/C12H15NO5/c1-2-3-6-18-12(17)13-9-5-4-8(11(15)16)7-10(9)14/h4-5,7,14H,2-3,6H2,1H3,(H,13,17)(H,15,16). The van der Waals surface area contributed by atoms with Crippen LogP contribution in [0, 0.1) is 0 Å². The minimum absolute atomic E-state index is 0.0580. The lowest BCUT2D eigenvalue weighted by Crippen LogP contribution is -2.14. The van der Waals surface area contributed by atoms with Crippen LogP contribution in [0.3, 0.4) is 0 Å². The molecule has 6 nitrogen and oxygen atoms in total. The number of amides is 1. The van der Waals surface area contributed by atoms with Gasteiger partial charge in [0, 0.05) is 0 Å². The Kier molecular flexibility index (Phi) is 4.98. The summed E-state index contributed by atoms with van der Waals surface area (Å²) >= 11 is 0. The number of benzene rings is 1. The molecule has 0 atom stereocenters. The number of anilines is 1. The van der Waals surface area contributed by atoms with E-state index in [2.05, 4.69) is 5.32 Å². The van der Waals surface area contributed by atoms with E-state index in [1.165, 1.54) is 12.1 Å². The van der Waals surface area contributed by atoms with Crippen molar-refractivity contribution >= 4 is 17.7 Å². The minimum atomic E-state index is -1.15. The molecule has 1 aromatic carbocycles. The molecule has 0 aliphatic carbocycles. The average Bonchev–Trinajstić information content (AvgIpc) is 2.32. The molecule has 0 aliphatic rings. The van der Waals surface area contributed by atoms with E-state index in [4.69, 9.17) is 9.84 Å². The molecule has 0 radical (unpaired) electrons. The Balaban J connectivity index is 2.62. The predicted octanol–water partition coefficient (Wildman–Crippen LogP) is 2.44. The van der Waals surface area contributed by atoms with Gasteiger partial charge in [-0.05, 0) is 24.6 Å². The number of hydrogen-bond acceptors (Lipinski definition) is 4. The van der Waals surface area contributed by atoms with Crippen LogP contribution in [0.5, 0.6) is 5.75 Å². The highest BCUT2D eigenvalue weighted by atomic mass is 16.5. The molecule has 3 N–H and O–H groups in total. The molecule has 6 heteroatoms. The van der Waals surface area contributed by atoms with Crippen LogP contribution in [0.2, 0.25) is 0 Å². The maximum Gasteiger partial charge on any atom is 0.411 e. The van der Waals surface area contributed by atoms with E-state index in [1.54, 1.807) is 0 Å². The Bertz CT molecular complexity index is 444. The van der Waals surface area contributed by atoms with Crippen molar-refractivity contribution in [2.24, 2.45) is 0 Å². The Labute approximate surface area is 104 Å². The molecule has 18 heavy (non-hydrogen) atoms. The van der Waals surface area contributed by atoms with Gasteiger partial charge in [-0.2, -0.15) is 0 Å². The van der Waals surface area contributed by atoms with E-state index in [0.717, 1.165) is 18.9 Å². The van der Waals surface area contributed by atoms with Crippen LogP contribution >= 0.6 is 0 Å². The van der Waals surface area contributed by atoms with E-state index in [-0.39, 0.29) is 17.0 Å². The Morgan fingerprint density at radius 1 is 1.39 bits per heavy atom. The second-order valence-electron chi connectivity index (χ2n) is 3.65. The first-order chi connectivity index (χ1) is 8.54. The summed E-state index contributed by atoms with van der Waals surface area (Å²) in [5.41, 5.74) is 0.0545. The van der Waals surface area contributed by atoms with Gasteiger partial charge in [0.25, 0.3) is 0 Å². The van der Waals surface area contributed by atoms with E-state index in [1.807, 2.05) is 6.92 Å². The number of aromatic carboxylic acids is 1. The first-order valence-corrected chi connectivity index (χ1v) is 5.54. The second-order valence-corrected chi connectivity index (χ2v) is 3.65. The smallest absolute Gasteiger partial charge is 0.411 e. The first-order valence-electron chi connectivity index (χ1n) is 5.54. The van der Waals surface area contributed by atoms with Crippen molar-refractivity contribution in [2.45, 2.75) is 19.8 Å². The van der Waals surface area contributed by atoms with Gasteiger partial charge in [-0.1, -0.05) is 13.3 Å². The topological polar surface area (TPSA) is 95.9 Å². The summed E-state index contributed by atoms with van der Waals surface area (Å²) in [6.45, 7) is 2.27. The molecule has 0 bridgehead atoms. The zero-order valence-corrected chi connectivity index (χ0v) is 9.97. The first kappa shape index (κ1) is 13.8. The molecule has 0 fully saturated rings. The summed E-state index contributed by atoms with van der Waals surface area (Å²) in [5, 5.41) is 20.6. The summed E-state index contributed by atoms with van der Waals surface area (Å²) in [6, 6.07) is 3.65. The van der Waals surface area contributed by atoms with Gasteiger partial charge >= 0.3 is 12.1 Å². The van der Waals surface area contributed by atoms with Crippen molar-refractivity contribution in [1.82, 2.24) is 0 Å². The summed E-state index contributed by atoms with van der Waals surface area (Å²) in [5.74, 6) is -1.47. The molecule has 0 aromatic heterocycles. The van der Waals surface area contributed by atoms with Crippen LogP contribution in [0.15, 0.2) is 18.2 Å². The van der Waals surface area contributed by atoms with Gasteiger partial charge < -0.3 is 14.9 Å². The van der Waals surface area contributed by atoms with Gasteiger partial charge in [-0.15, -0.1) is 0 Å². The molecule has 1 rings (SSSR count). The zero-order valence-electron chi connectivity index (χ0n) is 9.97. The largest absolute Gasteiger partial charge is 0.506 e. The lowest BCUT2D eigenvalue weighted by Gasteiger charge is -2.08. The van der Waals surface area contributed by atoms with Gasteiger partial charge in [0.15, 0.2) is 0 Å². The molecule has 0 spiro atoms. The number of carboxylic acids is 1. The van der Waals surface area contributed by atoms with Gasteiger partial charge in [0.1, 0.15) is 5.75 Å². The number of carbonyl (C=O) groups excluding carboxylic acids is 1. The van der Waals surface area contributed by atoms with E-state index in [0.29, 0.717) is 6.61 Å². The van der Waals surface area contributed by atoms with E-state index < -0.39 is 12.1 Å². The number of phenols is 1. The third-order valence-electron chi connectivity index (χ3n) is 2.21. The Hall–Kier alpha value is -2.24. The fourth-order valence-electron chi connectivity index (χ4n) is 1.23.